The zero-order valence-electron chi connectivity index (χ0n) is 15.3. The van der Waals surface area contributed by atoms with Crippen LogP contribution in [0.25, 0.3) is 16.2 Å². The molecule has 1 aromatic carbocycles. The Bertz CT molecular complexity index is 899. The number of thiazole rings is 1. The van der Waals surface area contributed by atoms with Crippen LogP contribution in [-0.2, 0) is 11.2 Å². The maximum Gasteiger partial charge on any atom is 0.226 e. The maximum atomic E-state index is 12.6. The van der Waals surface area contributed by atoms with Crippen LogP contribution in [0.5, 0.6) is 0 Å². The Kier molecular flexibility index (Phi) is 4.81. The minimum Gasteiger partial charge on any atom is -0.353 e. The molecular formula is C21H25N3OS. The van der Waals surface area contributed by atoms with Crippen molar-refractivity contribution in [2.24, 2.45) is 11.8 Å². The van der Waals surface area contributed by atoms with Crippen molar-refractivity contribution in [3.63, 3.8) is 0 Å². The molecule has 4 rings (SSSR count). The first kappa shape index (κ1) is 17.3. The van der Waals surface area contributed by atoms with Crippen LogP contribution in [0.1, 0.15) is 38.8 Å². The Hall–Kier alpha value is -2.14. The third kappa shape index (κ3) is 3.40. The van der Waals surface area contributed by atoms with Gasteiger partial charge in [-0.05, 0) is 18.3 Å². The van der Waals surface area contributed by atoms with Gasteiger partial charge in [-0.2, -0.15) is 0 Å². The fourth-order valence-electron chi connectivity index (χ4n) is 3.91. The standard InChI is InChI=1S/C21H25N3OS/c1-14-7-6-10-18(15(14)2)22-20(25)11-17-13-26-21-23-19(12-24(17)21)16-8-4-3-5-9-16/h3-5,8-9,12-15,18H,6-7,10-11H2,1-2H3,(H,22,25). The van der Waals surface area contributed by atoms with Gasteiger partial charge in [0, 0.05) is 28.9 Å². The number of benzene rings is 1. The summed E-state index contributed by atoms with van der Waals surface area (Å²) in [4.78, 5) is 18.2. The number of fused-ring (bicyclic) bond motifs is 1. The van der Waals surface area contributed by atoms with Gasteiger partial charge < -0.3 is 5.32 Å². The fraction of sp³-hybridized carbons (Fsp3) is 0.429. The molecule has 1 fully saturated rings. The predicted molar refractivity (Wildman–Crippen MR) is 106 cm³/mol. The molecule has 0 aliphatic heterocycles. The lowest BCUT2D eigenvalue weighted by Gasteiger charge is -2.34. The Balaban J connectivity index is 1.48. The van der Waals surface area contributed by atoms with Gasteiger partial charge >= 0.3 is 0 Å². The van der Waals surface area contributed by atoms with Gasteiger partial charge in [-0.3, -0.25) is 9.20 Å². The Morgan fingerprint density at radius 1 is 1.27 bits per heavy atom. The molecule has 1 aliphatic rings. The third-order valence-corrected chi connectivity index (χ3v) is 6.64. The smallest absolute Gasteiger partial charge is 0.226 e. The lowest BCUT2D eigenvalue weighted by atomic mass is 9.78. The minimum absolute atomic E-state index is 0.116. The van der Waals surface area contributed by atoms with Crippen LogP contribution in [0.2, 0.25) is 0 Å². The van der Waals surface area contributed by atoms with Crippen LogP contribution < -0.4 is 5.32 Å². The number of hydrogen-bond acceptors (Lipinski definition) is 3. The second kappa shape index (κ2) is 7.23. The SMILES string of the molecule is CC1CCCC(NC(=O)Cc2csc3nc(-c4ccccc4)cn23)C1C. The fourth-order valence-corrected chi connectivity index (χ4v) is 4.79. The monoisotopic (exact) mass is 367 g/mol. The van der Waals surface area contributed by atoms with E-state index in [-0.39, 0.29) is 5.91 Å². The molecule has 1 amide bonds. The van der Waals surface area contributed by atoms with Gasteiger partial charge in [0.05, 0.1) is 12.1 Å². The van der Waals surface area contributed by atoms with Crippen LogP contribution in [0.15, 0.2) is 41.9 Å². The summed E-state index contributed by atoms with van der Waals surface area (Å²) in [5, 5.41) is 5.32. The summed E-state index contributed by atoms with van der Waals surface area (Å²) < 4.78 is 2.06. The lowest BCUT2D eigenvalue weighted by molar-refractivity contribution is -0.121. The van der Waals surface area contributed by atoms with E-state index in [1.165, 1.54) is 12.8 Å². The van der Waals surface area contributed by atoms with Gasteiger partial charge in [-0.1, -0.05) is 57.0 Å². The van der Waals surface area contributed by atoms with Crippen molar-refractivity contribution in [3.05, 3.63) is 47.6 Å². The van der Waals surface area contributed by atoms with Gasteiger partial charge in [0.1, 0.15) is 0 Å². The zero-order valence-corrected chi connectivity index (χ0v) is 16.1. The van der Waals surface area contributed by atoms with E-state index in [0.29, 0.717) is 24.3 Å². The molecule has 3 atom stereocenters. The predicted octanol–water partition coefficient (Wildman–Crippen LogP) is 4.55. The molecule has 5 heteroatoms. The topological polar surface area (TPSA) is 46.4 Å². The summed E-state index contributed by atoms with van der Waals surface area (Å²) in [5.41, 5.74) is 3.06. The first-order valence-corrected chi connectivity index (χ1v) is 10.3. The number of carbonyl (C=O) groups is 1. The van der Waals surface area contributed by atoms with Crippen LogP contribution in [0.4, 0.5) is 0 Å². The van der Waals surface area contributed by atoms with Crippen molar-refractivity contribution in [1.29, 1.82) is 0 Å². The zero-order chi connectivity index (χ0) is 18.1. The summed E-state index contributed by atoms with van der Waals surface area (Å²) in [7, 11) is 0. The second-order valence-corrected chi connectivity index (χ2v) is 8.33. The van der Waals surface area contributed by atoms with E-state index in [0.717, 1.165) is 28.3 Å². The average Bonchev–Trinajstić information content (AvgIpc) is 3.22. The summed E-state index contributed by atoms with van der Waals surface area (Å²) in [6.07, 6.45) is 6.02. The van der Waals surface area contributed by atoms with Gasteiger partial charge in [0.15, 0.2) is 4.96 Å². The van der Waals surface area contributed by atoms with Crippen molar-refractivity contribution >= 4 is 22.2 Å². The van der Waals surface area contributed by atoms with Crippen molar-refractivity contribution < 1.29 is 4.79 Å². The van der Waals surface area contributed by atoms with Crippen molar-refractivity contribution in [2.45, 2.75) is 45.6 Å². The molecular weight excluding hydrogens is 342 g/mol. The van der Waals surface area contributed by atoms with Gasteiger partial charge in [0.25, 0.3) is 0 Å². The van der Waals surface area contributed by atoms with E-state index in [1.807, 2.05) is 29.8 Å². The van der Waals surface area contributed by atoms with E-state index in [4.69, 9.17) is 4.98 Å². The molecule has 0 saturated heterocycles. The molecule has 136 valence electrons. The minimum atomic E-state index is 0.116. The molecule has 26 heavy (non-hydrogen) atoms. The van der Waals surface area contributed by atoms with Gasteiger partial charge in [0.2, 0.25) is 5.91 Å². The normalized spacial score (nSPS) is 23.2. The molecule has 2 aromatic heterocycles. The van der Waals surface area contributed by atoms with Gasteiger partial charge in [-0.25, -0.2) is 4.98 Å². The van der Waals surface area contributed by atoms with Crippen molar-refractivity contribution in [1.82, 2.24) is 14.7 Å². The van der Waals surface area contributed by atoms with Crippen molar-refractivity contribution in [3.8, 4) is 11.3 Å². The first-order valence-electron chi connectivity index (χ1n) is 9.42. The van der Waals surface area contributed by atoms with Crippen LogP contribution in [-0.4, -0.2) is 21.3 Å². The quantitative estimate of drug-likeness (QED) is 0.735. The van der Waals surface area contributed by atoms with Crippen LogP contribution in [0.3, 0.4) is 0 Å². The molecule has 3 aromatic rings. The molecule has 4 nitrogen and oxygen atoms in total. The molecule has 2 heterocycles. The molecule has 1 aliphatic carbocycles. The third-order valence-electron chi connectivity index (χ3n) is 5.75. The van der Waals surface area contributed by atoms with Gasteiger partial charge in [-0.15, -0.1) is 11.3 Å². The van der Waals surface area contributed by atoms with Crippen LogP contribution in [0, 0.1) is 11.8 Å². The number of hydrogen-bond donors (Lipinski definition) is 1. The number of nitrogens with zero attached hydrogens (tertiary/aromatic N) is 2. The average molecular weight is 368 g/mol. The summed E-state index contributed by atoms with van der Waals surface area (Å²) in [6.45, 7) is 4.56. The molecule has 0 bridgehead atoms. The van der Waals surface area contributed by atoms with E-state index in [9.17, 15) is 4.79 Å². The first-order chi connectivity index (χ1) is 12.6. The molecule has 1 saturated carbocycles. The largest absolute Gasteiger partial charge is 0.353 e. The summed E-state index contributed by atoms with van der Waals surface area (Å²) in [6, 6.07) is 10.5. The summed E-state index contributed by atoms with van der Waals surface area (Å²) >= 11 is 1.59. The molecule has 0 radical (unpaired) electrons. The maximum absolute atomic E-state index is 12.6. The Morgan fingerprint density at radius 2 is 2.08 bits per heavy atom. The number of carbonyl (C=O) groups excluding carboxylic acids is 1. The highest BCUT2D eigenvalue weighted by atomic mass is 32.1. The van der Waals surface area contributed by atoms with E-state index < -0.39 is 0 Å². The summed E-state index contributed by atoms with van der Waals surface area (Å²) in [5.74, 6) is 1.35. The molecule has 3 unspecified atom stereocenters. The van der Waals surface area contributed by atoms with E-state index >= 15 is 0 Å². The number of amides is 1. The number of rotatable bonds is 4. The molecule has 0 spiro atoms. The highest BCUT2D eigenvalue weighted by Gasteiger charge is 2.28. The van der Waals surface area contributed by atoms with E-state index in [1.54, 1.807) is 11.3 Å². The highest BCUT2D eigenvalue weighted by Crippen LogP contribution is 2.29. The number of aromatic nitrogens is 2. The Labute approximate surface area is 158 Å². The molecule has 1 N–H and O–H groups in total. The Morgan fingerprint density at radius 3 is 2.88 bits per heavy atom. The highest BCUT2D eigenvalue weighted by molar-refractivity contribution is 7.15. The number of nitrogens with one attached hydrogen (secondary N) is 1. The van der Waals surface area contributed by atoms with Crippen molar-refractivity contribution in [2.75, 3.05) is 0 Å². The van der Waals surface area contributed by atoms with Crippen LogP contribution >= 0.6 is 11.3 Å². The number of imidazole rings is 1. The lowest BCUT2D eigenvalue weighted by Crippen LogP contribution is -2.44. The van der Waals surface area contributed by atoms with E-state index in [2.05, 4.69) is 35.7 Å². The second-order valence-electron chi connectivity index (χ2n) is 7.49.